The molecule has 1 fully saturated rings. The number of hydrogen-bond donors (Lipinski definition) is 0. The van der Waals surface area contributed by atoms with Gasteiger partial charge in [-0.25, -0.2) is 0 Å². The Hall–Kier alpha value is 0. The quantitative estimate of drug-likeness (QED) is 0.596. The second-order valence-electron chi connectivity index (χ2n) is 5.05. The molecule has 1 saturated carbocycles. The molecule has 0 amide bonds. The maximum absolute atomic E-state index is 2.46. The Morgan fingerprint density at radius 3 is 2.00 bits per heavy atom. The summed E-state index contributed by atoms with van der Waals surface area (Å²) in [6.07, 6.45) is 2.85. The van der Waals surface area contributed by atoms with E-state index in [2.05, 4.69) is 34.6 Å². The van der Waals surface area contributed by atoms with E-state index in [1.165, 1.54) is 12.8 Å². The Balaban J connectivity index is 2.42. The van der Waals surface area contributed by atoms with Gasteiger partial charge in [0.05, 0.1) is 0 Å². The van der Waals surface area contributed by atoms with E-state index in [0.29, 0.717) is 0 Å². The SMILES string of the molecule is CCC(C(C)C)C(C)C1CC1C. The number of rotatable bonds is 4. The first-order valence-corrected chi connectivity index (χ1v) is 5.57. The van der Waals surface area contributed by atoms with Crippen LogP contribution in [-0.2, 0) is 0 Å². The molecule has 0 N–H and O–H groups in total. The monoisotopic (exact) mass is 168 g/mol. The molecule has 1 rings (SSSR count). The Bertz CT molecular complexity index is 137. The summed E-state index contributed by atoms with van der Waals surface area (Å²) in [6, 6.07) is 0. The van der Waals surface area contributed by atoms with Gasteiger partial charge in [0, 0.05) is 0 Å². The molecule has 12 heavy (non-hydrogen) atoms. The first-order chi connectivity index (χ1) is 5.57. The topological polar surface area (TPSA) is 0 Å². The Kier molecular flexibility index (Phi) is 3.20. The van der Waals surface area contributed by atoms with Crippen LogP contribution in [0.3, 0.4) is 0 Å². The van der Waals surface area contributed by atoms with Crippen LogP contribution in [0.2, 0.25) is 0 Å². The normalized spacial score (nSPS) is 33.5. The fraction of sp³-hybridized carbons (Fsp3) is 1.00. The van der Waals surface area contributed by atoms with E-state index in [-0.39, 0.29) is 0 Å². The molecule has 4 atom stereocenters. The van der Waals surface area contributed by atoms with E-state index < -0.39 is 0 Å². The minimum Gasteiger partial charge on any atom is -0.0651 e. The molecular weight excluding hydrogens is 144 g/mol. The summed E-state index contributed by atoms with van der Waals surface area (Å²) >= 11 is 0. The molecular formula is C12H24. The largest absolute Gasteiger partial charge is 0.0651 e. The zero-order valence-corrected chi connectivity index (χ0v) is 9.30. The summed E-state index contributed by atoms with van der Waals surface area (Å²) in [5.41, 5.74) is 0. The molecule has 0 heterocycles. The highest BCUT2D eigenvalue weighted by Gasteiger charge is 2.40. The fourth-order valence-electron chi connectivity index (χ4n) is 2.85. The molecule has 0 aromatic rings. The molecule has 1 aliphatic rings. The number of hydrogen-bond acceptors (Lipinski definition) is 0. The molecule has 0 aromatic heterocycles. The van der Waals surface area contributed by atoms with Crippen LogP contribution >= 0.6 is 0 Å². The van der Waals surface area contributed by atoms with Crippen LogP contribution in [0.1, 0.15) is 47.5 Å². The van der Waals surface area contributed by atoms with Crippen LogP contribution in [0, 0.1) is 29.6 Å². The van der Waals surface area contributed by atoms with Crippen molar-refractivity contribution in [2.45, 2.75) is 47.5 Å². The van der Waals surface area contributed by atoms with Gasteiger partial charge in [-0.2, -0.15) is 0 Å². The molecule has 72 valence electrons. The third kappa shape index (κ3) is 2.02. The summed E-state index contributed by atoms with van der Waals surface area (Å²) in [7, 11) is 0. The lowest BCUT2D eigenvalue weighted by molar-refractivity contribution is 0.231. The van der Waals surface area contributed by atoms with Crippen molar-refractivity contribution in [3.05, 3.63) is 0 Å². The van der Waals surface area contributed by atoms with Gasteiger partial charge in [-0.3, -0.25) is 0 Å². The average Bonchev–Trinajstić information content (AvgIpc) is 2.67. The van der Waals surface area contributed by atoms with Crippen molar-refractivity contribution >= 4 is 0 Å². The van der Waals surface area contributed by atoms with E-state index in [0.717, 1.165) is 29.6 Å². The Labute approximate surface area is 77.7 Å². The highest BCUT2D eigenvalue weighted by molar-refractivity contribution is 4.89. The van der Waals surface area contributed by atoms with Crippen LogP contribution in [0.4, 0.5) is 0 Å². The third-order valence-electron chi connectivity index (χ3n) is 3.85. The molecule has 0 radical (unpaired) electrons. The van der Waals surface area contributed by atoms with Gasteiger partial charge in [0.1, 0.15) is 0 Å². The summed E-state index contributed by atoms with van der Waals surface area (Å²) in [4.78, 5) is 0. The first-order valence-electron chi connectivity index (χ1n) is 5.57. The van der Waals surface area contributed by atoms with Crippen LogP contribution < -0.4 is 0 Å². The van der Waals surface area contributed by atoms with E-state index in [1.54, 1.807) is 0 Å². The maximum atomic E-state index is 2.46. The Morgan fingerprint density at radius 1 is 1.25 bits per heavy atom. The first kappa shape index (κ1) is 10.1. The highest BCUT2D eigenvalue weighted by atomic mass is 14.5. The van der Waals surface area contributed by atoms with E-state index in [9.17, 15) is 0 Å². The minimum atomic E-state index is 0.873. The standard InChI is InChI=1S/C12H24/c1-6-11(8(2)3)10(5)12-7-9(12)4/h8-12H,6-7H2,1-5H3. The molecule has 0 saturated heterocycles. The summed E-state index contributed by atoms with van der Waals surface area (Å²) < 4.78 is 0. The van der Waals surface area contributed by atoms with Gasteiger partial charge in [0.15, 0.2) is 0 Å². The summed E-state index contributed by atoms with van der Waals surface area (Å²) in [6.45, 7) is 11.9. The average molecular weight is 168 g/mol. The van der Waals surface area contributed by atoms with E-state index in [1.807, 2.05) is 0 Å². The molecule has 4 unspecified atom stereocenters. The molecule has 0 aliphatic heterocycles. The van der Waals surface area contributed by atoms with Gasteiger partial charge in [-0.05, 0) is 36.0 Å². The lowest BCUT2D eigenvalue weighted by atomic mass is 9.79. The Morgan fingerprint density at radius 2 is 1.75 bits per heavy atom. The lowest BCUT2D eigenvalue weighted by Crippen LogP contribution is -2.19. The van der Waals surface area contributed by atoms with Crippen molar-refractivity contribution in [1.29, 1.82) is 0 Å². The van der Waals surface area contributed by atoms with Gasteiger partial charge in [-0.15, -0.1) is 0 Å². The van der Waals surface area contributed by atoms with Crippen molar-refractivity contribution in [1.82, 2.24) is 0 Å². The molecule has 0 heteroatoms. The second-order valence-corrected chi connectivity index (χ2v) is 5.05. The van der Waals surface area contributed by atoms with Crippen molar-refractivity contribution in [2.24, 2.45) is 29.6 Å². The fourth-order valence-corrected chi connectivity index (χ4v) is 2.85. The zero-order valence-electron chi connectivity index (χ0n) is 9.30. The van der Waals surface area contributed by atoms with Crippen LogP contribution in [0.5, 0.6) is 0 Å². The van der Waals surface area contributed by atoms with Crippen LogP contribution in [0.15, 0.2) is 0 Å². The molecule has 0 nitrogen and oxygen atoms in total. The predicted octanol–water partition coefficient (Wildman–Crippen LogP) is 3.96. The van der Waals surface area contributed by atoms with Crippen molar-refractivity contribution in [3.8, 4) is 0 Å². The summed E-state index contributed by atoms with van der Waals surface area (Å²) in [5.74, 6) is 4.87. The van der Waals surface area contributed by atoms with Crippen LogP contribution in [-0.4, -0.2) is 0 Å². The van der Waals surface area contributed by atoms with Gasteiger partial charge >= 0.3 is 0 Å². The second kappa shape index (κ2) is 3.81. The van der Waals surface area contributed by atoms with Crippen molar-refractivity contribution in [3.63, 3.8) is 0 Å². The maximum Gasteiger partial charge on any atom is -0.0357 e. The van der Waals surface area contributed by atoms with Gasteiger partial charge in [0.2, 0.25) is 0 Å². The van der Waals surface area contributed by atoms with Crippen LogP contribution in [0.25, 0.3) is 0 Å². The van der Waals surface area contributed by atoms with Gasteiger partial charge in [0.25, 0.3) is 0 Å². The van der Waals surface area contributed by atoms with E-state index in [4.69, 9.17) is 0 Å². The van der Waals surface area contributed by atoms with Gasteiger partial charge in [-0.1, -0.05) is 41.0 Å². The predicted molar refractivity (Wildman–Crippen MR) is 55.1 cm³/mol. The smallest absolute Gasteiger partial charge is 0.0357 e. The van der Waals surface area contributed by atoms with Crippen molar-refractivity contribution in [2.75, 3.05) is 0 Å². The third-order valence-corrected chi connectivity index (χ3v) is 3.85. The van der Waals surface area contributed by atoms with E-state index >= 15 is 0 Å². The molecule has 1 aliphatic carbocycles. The molecule has 0 spiro atoms. The minimum absolute atomic E-state index is 0.873. The highest BCUT2D eigenvalue weighted by Crippen LogP contribution is 2.48. The molecule has 0 aromatic carbocycles. The van der Waals surface area contributed by atoms with Gasteiger partial charge < -0.3 is 0 Å². The molecule has 0 bridgehead atoms. The zero-order chi connectivity index (χ0) is 9.30. The lowest BCUT2D eigenvalue weighted by Gasteiger charge is -2.26. The van der Waals surface area contributed by atoms with Crippen molar-refractivity contribution < 1.29 is 0 Å². The summed E-state index contributed by atoms with van der Waals surface area (Å²) in [5, 5.41) is 0.